The molecule has 0 aliphatic rings. The third-order valence-corrected chi connectivity index (χ3v) is 6.22. The Bertz CT molecular complexity index is 1710. The molecule has 49 heavy (non-hydrogen) atoms. The molecule has 0 unspecified atom stereocenters. The van der Waals surface area contributed by atoms with E-state index in [0.29, 0.717) is 28.7 Å². The van der Waals surface area contributed by atoms with E-state index >= 15 is 0 Å². The molecule has 0 spiro atoms. The Kier molecular flexibility index (Phi) is 19.1. The van der Waals surface area contributed by atoms with Crippen LogP contribution in [0.4, 0.5) is 17.6 Å². The molecule has 0 amide bonds. The second-order valence-corrected chi connectivity index (χ2v) is 9.85. The lowest BCUT2D eigenvalue weighted by Gasteiger charge is -2.05. The standard InChI is InChI=1S/C8H5F3O.C8H8O2.C8H8O.C7H5ClO.C7H5FO/c9-8(10,11)7-3-1-2-6(4-7)5-12;1-10-8-4-2-7(6-9)3-5-8;1-7-2-4-8(6-9)5-3-7;2*8-7-4-2-1-3-6(7)5-9/h1-5H;2-6H,1H3;2-6H,1H3;2*1-5H. The maximum atomic E-state index is 12.4. The fourth-order valence-corrected chi connectivity index (χ4v) is 3.44. The summed E-state index contributed by atoms with van der Waals surface area (Å²) in [4.78, 5) is 50.5. The smallest absolute Gasteiger partial charge is 0.416 e. The maximum absolute atomic E-state index is 12.4. The maximum Gasteiger partial charge on any atom is 0.416 e. The topological polar surface area (TPSA) is 94.6 Å². The van der Waals surface area contributed by atoms with Gasteiger partial charge in [-0.25, -0.2) is 4.39 Å². The Balaban J connectivity index is 0.000000308. The fourth-order valence-electron chi connectivity index (χ4n) is 3.26. The van der Waals surface area contributed by atoms with Gasteiger partial charge in [0.1, 0.15) is 30.4 Å². The monoisotopic (exact) mass is 694 g/mol. The highest BCUT2D eigenvalue weighted by molar-refractivity contribution is 6.32. The number of aldehydes is 5. The summed E-state index contributed by atoms with van der Waals surface area (Å²) in [5, 5.41) is 0.507. The van der Waals surface area contributed by atoms with Gasteiger partial charge < -0.3 is 4.74 Å². The molecule has 0 radical (unpaired) electrons. The molecule has 0 aromatic heterocycles. The molecule has 0 N–H and O–H groups in total. The van der Waals surface area contributed by atoms with Crippen LogP contribution in [0.2, 0.25) is 5.02 Å². The van der Waals surface area contributed by atoms with Gasteiger partial charge in [0.25, 0.3) is 0 Å². The molecule has 5 aromatic rings. The molecule has 0 aliphatic carbocycles. The van der Waals surface area contributed by atoms with Crippen molar-refractivity contribution in [3.8, 4) is 5.75 Å². The second kappa shape index (κ2) is 22.7. The zero-order valence-electron chi connectivity index (χ0n) is 26.3. The summed E-state index contributed by atoms with van der Waals surface area (Å²) in [6.07, 6.45) is -1.11. The molecule has 254 valence electrons. The fraction of sp³-hybridized carbons (Fsp3) is 0.0789. The second-order valence-electron chi connectivity index (χ2n) is 9.44. The van der Waals surface area contributed by atoms with Crippen LogP contribution in [0.3, 0.4) is 0 Å². The molecular weight excluding hydrogens is 664 g/mol. The van der Waals surface area contributed by atoms with Crippen LogP contribution in [0.25, 0.3) is 0 Å². The highest BCUT2D eigenvalue weighted by atomic mass is 35.5. The van der Waals surface area contributed by atoms with Crippen molar-refractivity contribution in [1.29, 1.82) is 0 Å². The largest absolute Gasteiger partial charge is 0.497 e. The predicted molar refractivity (Wildman–Crippen MR) is 180 cm³/mol. The van der Waals surface area contributed by atoms with Crippen molar-refractivity contribution >= 4 is 43.0 Å². The molecule has 0 bridgehead atoms. The molecule has 11 heteroatoms. The summed E-state index contributed by atoms with van der Waals surface area (Å²) in [7, 11) is 1.59. The summed E-state index contributed by atoms with van der Waals surface area (Å²) in [6.45, 7) is 1.99. The molecule has 0 heterocycles. The lowest BCUT2D eigenvalue weighted by molar-refractivity contribution is -0.137. The Morgan fingerprint density at radius 1 is 0.571 bits per heavy atom. The first-order chi connectivity index (χ1) is 23.4. The first-order valence-corrected chi connectivity index (χ1v) is 14.4. The van der Waals surface area contributed by atoms with Gasteiger partial charge in [0.2, 0.25) is 0 Å². The quantitative estimate of drug-likeness (QED) is 0.130. The molecule has 0 saturated carbocycles. The van der Waals surface area contributed by atoms with Gasteiger partial charge in [0.05, 0.1) is 23.3 Å². The number of rotatable bonds is 6. The summed E-state index contributed by atoms with van der Waals surface area (Å²) < 4.78 is 53.2. The van der Waals surface area contributed by atoms with Crippen molar-refractivity contribution in [3.63, 3.8) is 0 Å². The summed E-state index contributed by atoms with van der Waals surface area (Å²) >= 11 is 5.59. The van der Waals surface area contributed by atoms with E-state index in [1.807, 2.05) is 31.2 Å². The summed E-state index contributed by atoms with van der Waals surface area (Å²) in [6, 6.07) is 31.4. The Morgan fingerprint density at radius 2 is 1.06 bits per heavy atom. The van der Waals surface area contributed by atoms with Gasteiger partial charge in [-0.3, -0.25) is 24.0 Å². The average Bonchev–Trinajstić information content (AvgIpc) is 3.13. The highest BCUT2D eigenvalue weighted by Crippen LogP contribution is 2.29. The van der Waals surface area contributed by atoms with Gasteiger partial charge in [-0.05, 0) is 61.5 Å². The van der Waals surface area contributed by atoms with Gasteiger partial charge in [-0.1, -0.05) is 83.9 Å². The minimum Gasteiger partial charge on any atom is -0.497 e. The Morgan fingerprint density at radius 3 is 1.47 bits per heavy atom. The van der Waals surface area contributed by atoms with Crippen LogP contribution in [0.15, 0.2) is 121 Å². The first kappa shape index (κ1) is 41.3. The molecule has 0 saturated heterocycles. The molecular formula is C38H31ClF4O6. The lowest BCUT2D eigenvalue weighted by atomic mass is 10.1. The van der Waals surface area contributed by atoms with Crippen molar-refractivity contribution in [1.82, 2.24) is 0 Å². The van der Waals surface area contributed by atoms with Gasteiger partial charge in [0, 0.05) is 22.3 Å². The van der Waals surface area contributed by atoms with Crippen molar-refractivity contribution in [3.05, 3.63) is 171 Å². The third-order valence-electron chi connectivity index (χ3n) is 5.88. The van der Waals surface area contributed by atoms with E-state index in [1.165, 1.54) is 29.8 Å². The van der Waals surface area contributed by atoms with Gasteiger partial charge in [-0.2, -0.15) is 13.2 Å². The van der Waals surface area contributed by atoms with Crippen LogP contribution in [0.5, 0.6) is 5.75 Å². The van der Waals surface area contributed by atoms with Crippen LogP contribution in [-0.2, 0) is 6.18 Å². The minimum atomic E-state index is -4.38. The minimum absolute atomic E-state index is 0.0322. The first-order valence-electron chi connectivity index (χ1n) is 14.0. The zero-order chi connectivity index (χ0) is 36.7. The number of carbonyl (C=O) groups excluding carboxylic acids is 5. The number of halogens is 5. The molecule has 6 nitrogen and oxygen atoms in total. The number of aryl methyl sites for hydroxylation is 1. The summed E-state index contributed by atoms with van der Waals surface area (Å²) in [5.41, 5.74) is 2.47. The van der Waals surface area contributed by atoms with E-state index in [4.69, 9.17) is 16.3 Å². The molecule has 0 aliphatic heterocycles. The van der Waals surface area contributed by atoms with Gasteiger partial charge in [-0.15, -0.1) is 0 Å². The van der Waals surface area contributed by atoms with Crippen molar-refractivity contribution in [2.45, 2.75) is 13.1 Å². The number of hydrogen-bond donors (Lipinski definition) is 0. The number of methoxy groups -OCH3 is 1. The van der Waals surface area contributed by atoms with Gasteiger partial charge in [0.15, 0.2) is 12.6 Å². The zero-order valence-corrected chi connectivity index (χ0v) is 27.0. The van der Waals surface area contributed by atoms with Crippen LogP contribution in [-0.4, -0.2) is 38.5 Å². The van der Waals surface area contributed by atoms with E-state index in [9.17, 15) is 41.5 Å². The number of ether oxygens (including phenoxy) is 1. The number of benzene rings is 5. The average molecular weight is 695 g/mol. The van der Waals surface area contributed by atoms with Gasteiger partial charge >= 0.3 is 6.18 Å². The molecule has 0 fully saturated rings. The van der Waals surface area contributed by atoms with Crippen molar-refractivity contribution < 1.29 is 46.3 Å². The van der Waals surface area contributed by atoms with Crippen LogP contribution in [0.1, 0.15) is 62.9 Å². The number of hydrogen-bond acceptors (Lipinski definition) is 6. The lowest BCUT2D eigenvalue weighted by Crippen LogP contribution is -2.04. The Hall–Kier alpha value is -5.74. The Labute approximate surface area is 285 Å². The van der Waals surface area contributed by atoms with Crippen LogP contribution in [0, 0.1) is 12.7 Å². The van der Waals surface area contributed by atoms with E-state index < -0.39 is 17.6 Å². The SMILES string of the molecule is COc1ccc(C=O)cc1.Cc1ccc(C=O)cc1.O=Cc1cccc(C(F)(F)F)c1.O=Cc1ccccc1Cl.O=Cc1ccccc1F. The van der Waals surface area contributed by atoms with E-state index in [-0.39, 0.29) is 11.1 Å². The van der Waals surface area contributed by atoms with Crippen LogP contribution < -0.4 is 4.74 Å². The van der Waals surface area contributed by atoms with E-state index in [1.54, 1.807) is 67.8 Å². The van der Waals surface area contributed by atoms with Crippen LogP contribution >= 0.6 is 11.6 Å². The number of carbonyl (C=O) groups is 5. The molecule has 5 rings (SSSR count). The van der Waals surface area contributed by atoms with E-state index in [0.717, 1.165) is 42.3 Å². The number of alkyl halides is 3. The van der Waals surface area contributed by atoms with Crippen molar-refractivity contribution in [2.75, 3.05) is 7.11 Å². The highest BCUT2D eigenvalue weighted by Gasteiger charge is 2.30. The molecule has 5 aromatic carbocycles. The normalized spacial score (nSPS) is 9.53. The third kappa shape index (κ3) is 16.6. The van der Waals surface area contributed by atoms with E-state index in [2.05, 4.69) is 0 Å². The predicted octanol–water partition coefficient (Wildman–Crippen LogP) is 9.62. The summed E-state index contributed by atoms with van der Waals surface area (Å²) in [5.74, 6) is 0.304. The molecule has 0 atom stereocenters. The van der Waals surface area contributed by atoms with Crippen molar-refractivity contribution in [2.24, 2.45) is 0 Å².